The third kappa shape index (κ3) is 2.25. The number of benzene rings is 1. The van der Waals surface area contributed by atoms with Crippen LogP contribution in [0, 0.1) is 10.1 Å². The van der Waals surface area contributed by atoms with Gasteiger partial charge in [-0.1, -0.05) is 0 Å². The molecule has 0 aliphatic heterocycles. The van der Waals surface area contributed by atoms with Crippen molar-refractivity contribution in [2.45, 2.75) is 0 Å². The molecule has 0 amide bonds. The summed E-state index contributed by atoms with van der Waals surface area (Å²) in [4.78, 5) is 31.9. The first kappa shape index (κ1) is 12.3. The van der Waals surface area contributed by atoms with Crippen LogP contribution in [0.5, 0.6) is 0 Å². The first-order valence-electron chi connectivity index (χ1n) is 4.02. The first-order chi connectivity index (χ1) is 7.51. The number of nitrogens with zero attached hydrogens (tertiary/aromatic N) is 1. The molecule has 7 heteroatoms. The van der Waals surface area contributed by atoms with Crippen molar-refractivity contribution in [3.05, 3.63) is 37.8 Å². The van der Waals surface area contributed by atoms with Crippen molar-refractivity contribution in [3.8, 4) is 0 Å². The van der Waals surface area contributed by atoms with Crippen LogP contribution >= 0.6 is 15.9 Å². The molecule has 1 rings (SSSR count). The average molecular weight is 288 g/mol. The van der Waals surface area contributed by atoms with Gasteiger partial charge in [-0.15, -0.1) is 0 Å². The maximum atomic E-state index is 11.3. The molecule has 1 aromatic carbocycles. The summed E-state index contributed by atoms with van der Waals surface area (Å²) in [6.45, 7) is 0. The Morgan fingerprint density at radius 2 is 2.19 bits per heavy atom. The van der Waals surface area contributed by atoms with Crippen LogP contribution in [0.2, 0.25) is 0 Å². The fourth-order valence-electron chi connectivity index (χ4n) is 1.11. The van der Waals surface area contributed by atoms with E-state index in [4.69, 9.17) is 0 Å². The molecule has 0 bridgehead atoms. The zero-order valence-corrected chi connectivity index (χ0v) is 9.68. The van der Waals surface area contributed by atoms with Crippen LogP contribution in [0.15, 0.2) is 16.6 Å². The summed E-state index contributed by atoms with van der Waals surface area (Å²) >= 11 is 2.98. The van der Waals surface area contributed by atoms with E-state index in [0.717, 1.165) is 19.2 Å². The van der Waals surface area contributed by atoms with Crippen LogP contribution in [-0.2, 0) is 4.74 Å². The number of carbonyl (C=O) groups excluding carboxylic acids is 2. The minimum absolute atomic E-state index is 0.0254. The molecule has 0 atom stereocenters. The van der Waals surface area contributed by atoms with Crippen molar-refractivity contribution in [1.82, 2.24) is 0 Å². The van der Waals surface area contributed by atoms with Gasteiger partial charge in [-0.3, -0.25) is 14.9 Å². The van der Waals surface area contributed by atoms with Crippen LogP contribution in [0.4, 0.5) is 5.69 Å². The molecule has 0 saturated heterocycles. The van der Waals surface area contributed by atoms with E-state index in [1.54, 1.807) is 0 Å². The molecule has 6 nitrogen and oxygen atoms in total. The number of nitro benzene ring substituents is 1. The molecule has 0 spiro atoms. The second kappa shape index (κ2) is 4.84. The van der Waals surface area contributed by atoms with Crippen LogP contribution in [0.3, 0.4) is 0 Å². The maximum absolute atomic E-state index is 11.3. The Kier molecular flexibility index (Phi) is 3.73. The molecule has 0 radical (unpaired) electrons. The van der Waals surface area contributed by atoms with Crippen LogP contribution in [-0.4, -0.2) is 24.3 Å². The van der Waals surface area contributed by atoms with E-state index in [9.17, 15) is 19.7 Å². The van der Waals surface area contributed by atoms with Gasteiger partial charge in [-0.2, -0.15) is 0 Å². The summed E-state index contributed by atoms with van der Waals surface area (Å²) in [7, 11) is 1.13. The monoisotopic (exact) mass is 287 g/mol. The number of hydrogen-bond acceptors (Lipinski definition) is 5. The lowest BCUT2D eigenvalue weighted by molar-refractivity contribution is -0.385. The molecule has 0 saturated carbocycles. The van der Waals surface area contributed by atoms with E-state index in [1.807, 2.05) is 0 Å². The van der Waals surface area contributed by atoms with E-state index in [0.29, 0.717) is 6.29 Å². The van der Waals surface area contributed by atoms with Crippen molar-refractivity contribution in [2.75, 3.05) is 7.11 Å². The van der Waals surface area contributed by atoms with Crippen molar-refractivity contribution in [1.29, 1.82) is 0 Å². The van der Waals surface area contributed by atoms with Crippen LogP contribution < -0.4 is 0 Å². The number of rotatable bonds is 3. The Morgan fingerprint density at radius 1 is 1.56 bits per heavy atom. The topological polar surface area (TPSA) is 86.5 Å². The average Bonchev–Trinajstić information content (AvgIpc) is 2.26. The number of methoxy groups -OCH3 is 1. The SMILES string of the molecule is COC(=O)c1cc([N+](=O)[O-])cc(Br)c1C=O. The quantitative estimate of drug-likeness (QED) is 0.367. The van der Waals surface area contributed by atoms with E-state index in [1.165, 1.54) is 0 Å². The van der Waals surface area contributed by atoms with Gasteiger partial charge < -0.3 is 4.74 Å². The van der Waals surface area contributed by atoms with Gasteiger partial charge in [0.15, 0.2) is 6.29 Å². The lowest BCUT2D eigenvalue weighted by atomic mass is 10.1. The van der Waals surface area contributed by atoms with Gasteiger partial charge in [-0.05, 0) is 15.9 Å². The first-order valence-corrected chi connectivity index (χ1v) is 4.82. The number of aldehydes is 1. The highest BCUT2D eigenvalue weighted by molar-refractivity contribution is 9.10. The summed E-state index contributed by atoms with van der Waals surface area (Å²) in [6, 6.07) is 2.15. The molecule has 16 heavy (non-hydrogen) atoms. The van der Waals surface area contributed by atoms with E-state index < -0.39 is 10.9 Å². The normalized spacial score (nSPS) is 9.62. The van der Waals surface area contributed by atoms with E-state index in [2.05, 4.69) is 20.7 Å². The molecule has 1 aromatic rings. The fourth-order valence-corrected chi connectivity index (χ4v) is 1.65. The maximum Gasteiger partial charge on any atom is 0.338 e. The van der Waals surface area contributed by atoms with Crippen molar-refractivity contribution >= 4 is 33.9 Å². The minimum atomic E-state index is -0.800. The van der Waals surface area contributed by atoms with Crippen LogP contribution in [0.1, 0.15) is 20.7 Å². The molecule has 84 valence electrons. The zero-order chi connectivity index (χ0) is 12.3. The Balaban J connectivity index is 3.48. The predicted molar refractivity (Wildman–Crippen MR) is 57.5 cm³/mol. The molecule has 0 aromatic heterocycles. The van der Waals surface area contributed by atoms with Crippen molar-refractivity contribution < 1.29 is 19.2 Å². The van der Waals surface area contributed by atoms with Gasteiger partial charge in [0, 0.05) is 22.2 Å². The second-order valence-corrected chi connectivity index (χ2v) is 3.61. The zero-order valence-electron chi connectivity index (χ0n) is 8.10. The smallest absolute Gasteiger partial charge is 0.338 e. The molecular formula is C9H6BrNO5. The highest BCUT2D eigenvalue weighted by Crippen LogP contribution is 2.26. The Hall–Kier alpha value is -1.76. The number of carbonyl (C=O) groups is 2. The van der Waals surface area contributed by atoms with E-state index >= 15 is 0 Å². The van der Waals surface area contributed by atoms with Gasteiger partial charge in [0.1, 0.15) is 0 Å². The predicted octanol–water partition coefficient (Wildman–Crippen LogP) is 1.96. The number of nitro groups is 1. The van der Waals surface area contributed by atoms with Gasteiger partial charge in [-0.25, -0.2) is 4.79 Å². The van der Waals surface area contributed by atoms with Crippen molar-refractivity contribution in [2.24, 2.45) is 0 Å². The number of esters is 1. The second-order valence-electron chi connectivity index (χ2n) is 2.76. The van der Waals surface area contributed by atoms with Crippen molar-refractivity contribution in [3.63, 3.8) is 0 Å². The molecule has 0 unspecified atom stereocenters. The molecule has 0 heterocycles. The van der Waals surface area contributed by atoms with Gasteiger partial charge >= 0.3 is 5.97 Å². The Labute approximate surface area is 98.5 Å². The highest BCUT2D eigenvalue weighted by atomic mass is 79.9. The number of ether oxygens (including phenoxy) is 1. The van der Waals surface area contributed by atoms with Gasteiger partial charge in [0.05, 0.1) is 17.6 Å². The summed E-state index contributed by atoms with van der Waals surface area (Å²) in [6.07, 6.45) is 0.431. The lowest BCUT2D eigenvalue weighted by Gasteiger charge is -2.04. The summed E-state index contributed by atoms with van der Waals surface area (Å²) in [5.74, 6) is -0.800. The molecule has 0 fully saturated rings. The van der Waals surface area contributed by atoms with Gasteiger partial charge in [0.25, 0.3) is 5.69 Å². The molecular weight excluding hydrogens is 282 g/mol. The minimum Gasteiger partial charge on any atom is -0.465 e. The summed E-state index contributed by atoms with van der Waals surface area (Å²) < 4.78 is 4.61. The summed E-state index contributed by atoms with van der Waals surface area (Å²) in [5.41, 5.74) is -0.408. The Bertz CT molecular complexity index is 471. The number of non-ortho nitro benzene ring substituents is 1. The number of halogens is 1. The third-order valence-corrected chi connectivity index (χ3v) is 2.50. The molecule has 0 aliphatic rings. The fraction of sp³-hybridized carbons (Fsp3) is 0.111. The Morgan fingerprint density at radius 3 is 2.62 bits per heavy atom. The standard InChI is InChI=1S/C9H6BrNO5/c1-16-9(13)6-2-5(11(14)15)3-8(10)7(6)4-12/h2-4H,1H3. The summed E-state index contributed by atoms with van der Waals surface area (Å²) in [5, 5.41) is 10.6. The third-order valence-electron chi connectivity index (χ3n) is 1.85. The van der Waals surface area contributed by atoms with E-state index in [-0.39, 0.29) is 21.3 Å². The highest BCUT2D eigenvalue weighted by Gasteiger charge is 2.20. The lowest BCUT2D eigenvalue weighted by Crippen LogP contribution is -2.07. The molecule has 0 aliphatic carbocycles. The molecule has 0 N–H and O–H groups in total. The van der Waals surface area contributed by atoms with Gasteiger partial charge in [0.2, 0.25) is 0 Å². The number of hydrogen-bond donors (Lipinski definition) is 0. The largest absolute Gasteiger partial charge is 0.465 e. The van der Waals surface area contributed by atoms with Crippen LogP contribution in [0.25, 0.3) is 0 Å².